The van der Waals surface area contributed by atoms with Crippen molar-refractivity contribution in [3.05, 3.63) is 24.3 Å². The predicted molar refractivity (Wildman–Crippen MR) is 58.7 cm³/mol. The van der Waals surface area contributed by atoms with Gasteiger partial charge in [-0.2, -0.15) is 0 Å². The highest BCUT2D eigenvalue weighted by molar-refractivity contribution is 6.33. The van der Waals surface area contributed by atoms with Gasteiger partial charge in [0.25, 0.3) is 0 Å². The normalized spacial score (nSPS) is 15.5. The van der Waals surface area contributed by atoms with Crippen LogP contribution in [0.1, 0.15) is 12.8 Å². The Morgan fingerprint density at radius 1 is 1.07 bits per heavy atom. The van der Waals surface area contributed by atoms with Gasteiger partial charge in [0.2, 0.25) is 0 Å². The Morgan fingerprint density at radius 2 is 1.67 bits per heavy atom. The third kappa shape index (κ3) is 2.64. The first kappa shape index (κ1) is 10.3. The lowest BCUT2D eigenvalue weighted by Crippen LogP contribution is -2.21. The largest absolute Gasteiger partial charge is 0.707 e. The monoisotopic (exact) mass is 207 g/mol. The zero-order valence-electron chi connectivity index (χ0n) is 8.47. The molecule has 15 heavy (non-hydrogen) atoms. The van der Waals surface area contributed by atoms with Crippen LogP contribution in [0.5, 0.6) is 5.75 Å². The molecule has 5 heteroatoms. The summed E-state index contributed by atoms with van der Waals surface area (Å²) in [5.74, 6) is 0.466. The molecule has 1 heterocycles. The van der Waals surface area contributed by atoms with Crippen molar-refractivity contribution in [1.29, 1.82) is 0 Å². The Morgan fingerprint density at radius 3 is 2.20 bits per heavy atom. The summed E-state index contributed by atoms with van der Waals surface area (Å²) in [5, 5.41) is 17.2. The summed E-state index contributed by atoms with van der Waals surface area (Å²) in [4.78, 5) is 2.30. The molecular weight excluding hydrogens is 193 g/mol. The van der Waals surface area contributed by atoms with E-state index in [1.54, 1.807) is 12.1 Å². The first-order valence-corrected chi connectivity index (χ1v) is 5.13. The molecule has 1 aromatic carbocycles. The quantitative estimate of drug-likeness (QED) is 0.714. The van der Waals surface area contributed by atoms with Gasteiger partial charge in [-0.15, -0.1) is 0 Å². The summed E-state index contributed by atoms with van der Waals surface area (Å²) in [6, 6.07) is 7.35. The molecule has 1 aromatic rings. The van der Waals surface area contributed by atoms with Gasteiger partial charge in [-0.25, -0.2) is 0 Å². The van der Waals surface area contributed by atoms with Gasteiger partial charge in [-0.3, -0.25) is 0 Å². The Kier molecular flexibility index (Phi) is 3.13. The summed E-state index contributed by atoms with van der Waals surface area (Å²) in [6.07, 6.45) is 2.49. The van der Waals surface area contributed by atoms with Crippen LogP contribution in [-0.2, 0) is 0 Å². The maximum Gasteiger partial charge on any atom is 0.707 e. The molecule has 0 aromatic heterocycles. The molecule has 0 saturated carbocycles. The van der Waals surface area contributed by atoms with E-state index in [4.69, 9.17) is 14.7 Å². The fourth-order valence-corrected chi connectivity index (χ4v) is 1.83. The maximum absolute atomic E-state index is 8.61. The van der Waals surface area contributed by atoms with Crippen molar-refractivity contribution in [3.63, 3.8) is 0 Å². The van der Waals surface area contributed by atoms with Gasteiger partial charge in [-0.1, -0.05) is 0 Å². The van der Waals surface area contributed by atoms with Crippen molar-refractivity contribution in [2.75, 3.05) is 18.0 Å². The van der Waals surface area contributed by atoms with Crippen LogP contribution in [0.25, 0.3) is 0 Å². The molecule has 80 valence electrons. The molecular formula is C10H14BNO3. The molecule has 2 rings (SSSR count). The van der Waals surface area contributed by atoms with Crippen molar-refractivity contribution in [1.82, 2.24) is 0 Å². The standard InChI is InChI=1S/C10H14BNO3/c13-11(14)15-10-5-3-9(4-6-10)12-7-1-2-8-12/h3-6,13-14H,1-2,7-8H2. The lowest BCUT2D eigenvalue weighted by molar-refractivity contribution is 0.288. The highest BCUT2D eigenvalue weighted by atomic mass is 16.6. The topological polar surface area (TPSA) is 52.9 Å². The third-order valence-corrected chi connectivity index (χ3v) is 2.55. The Bertz CT molecular complexity index is 309. The van der Waals surface area contributed by atoms with E-state index >= 15 is 0 Å². The van der Waals surface area contributed by atoms with E-state index in [1.165, 1.54) is 12.8 Å². The lowest BCUT2D eigenvalue weighted by Gasteiger charge is -2.17. The molecule has 1 fully saturated rings. The summed E-state index contributed by atoms with van der Waals surface area (Å²) >= 11 is 0. The highest BCUT2D eigenvalue weighted by Crippen LogP contribution is 2.22. The van der Waals surface area contributed by atoms with Gasteiger partial charge in [0.05, 0.1) is 0 Å². The number of benzene rings is 1. The molecule has 0 bridgehead atoms. The second-order valence-electron chi connectivity index (χ2n) is 3.63. The molecule has 0 atom stereocenters. The van der Waals surface area contributed by atoms with E-state index in [0.717, 1.165) is 18.8 Å². The van der Waals surface area contributed by atoms with Crippen molar-refractivity contribution < 1.29 is 14.7 Å². The van der Waals surface area contributed by atoms with Gasteiger partial charge >= 0.3 is 7.32 Å². The van der Waals surface area contributed by atoms with E-state index in [9.17, 15) is 0 Å². The van der Waals surface area contributed by atoms with Crippen molar-refractivity contribution in [2.24, 2.45) is 0 Å². The Labute approximate surface area is 89.3 Å². The van der Waals surface area contributed by atoms with Crippen molar-refractivity contribution >= 4 is 13.0 Å². The van der Waals surface area contributed by atoms with Crippen LogP contribution in [0, 0.1) is 0 Å². The first-order valence-electron chi connectivity index (χ1n) is 5.13. The molecule has 1 aliphatic heterocycles. The minimum atomic E-state index is -1.75. The summed E-state index contributed by atoms with van der Waals surface area (Å²) in [6.45, 7) is 2.20. The predicted octanol–water partition coefficient (Wildman–Crippen LogP) is 0.635. The summed E-state index contributed by atoms with van der Waals surface area (Å²) in [7, 11) is -1.75. The van der Waals surface area contributed by atoms with E-state index < -0.39 is 7.32 Å². The van der Waals surface area contributed by atoms with Crippen LogP contribution < -0.4 is 9.55 Å². The number of anilines is 1. The average molecular weight is 207 g/mol. The Hall–Kier alpha value is -1.20. The second-order valence-corrected chi connectivity index (χ2v) is 3.63. The number of rotatable bonds is 3. The lowest BCUT2D eigenvalue weighted by atomic mass is 10.2. The molecule has 1 saturated heterocycles. The Balaban J connectivity index is 2.03. The van der Waals surface area contributed by atoms with Crippen LogP contribution in [-0.4, -0.2) is 30.5 Å². The summed E-state index contributed by atoms with van der Waals surface area (Å²) in [5.41, 5.74) is 1.16. The minimum Gasteiger partial charge on any atom is -0.512 e. The van der Waals surface area contributed by atoms with Crippen LogP contribution >= 0.6 is 0 Å². The van der Waals surface area contributed by atoms with E-state index in [2.05, 4.69) is 4.90 Å². The van der Waals surface area contributed by atoms with Crippen LogP contribution in [0.2, 0.25) is 0 Å². The average Bonchev–Trinajstić information content (AvgIpc) is 2.71. The van der Waals surface area contributed by atoms with E-state index in [1.807, 2.05) is 12.1 Å². The fourth-order valence-electron chi connectivity index (χ4n) is 1.83. The molecule has 0 radical (unpaired) electrons. The number of hydrogen-bond donors (Lipinski definition) is 2. The maximum atomic E-state index is 8.61. The first-order chi connectivity index (χ1) is 7.25. The van der Waals surface area contributed by atoms with Crippen LogP contribution in [0.3, 0.4) is 0 Å². The molecule has 1 aliphatic rings. The van der Waals surface area contributed by atoms with Crippen LogP contribution in [0.4, 0.5) is 5.69 Å². The summed E-state index contributed by atoms with van der Waals surface area (Å²) < 4.78 is 4.72. The van der Waals surface area contributed by atoms with E-state index in [0.29, 0.717) is 5.75 Å². The van der Waals surface area contributed by atoms with Crippen LogP contribution in [0.15, 0.2) is 24.3 Å². The second kappa shape index (κ2) is 4.55. The molecule has 4 nitrogen and oxygen atoms in total. The zero-order valence-corrected chi connectivity index (χ0v) is 8.47. The van der Waals surface area contributed by atoms with E-state index in [-0.39, 0.29) is 0 Å². The van der Waals surface area contributed by atoms with Gasteiger partial charge in [-0.05, 0) is 37.1 Å². The fraction of sp³-hybridized carbons (Fsp3) is 0.400. The zero-order chi connectivity index (χ0) is 10.7. The molecule has 2 N–H and O–H groups in total. The van der Waals surface area contributed by atoms with Gasteiger partial charge in [0.1, 0.15) is 5.75 Å². The van der Waals surface area contributed by atoms with Gasteiger partial charge < -0.3 is 19.6 Å². The SMILES string of the molecule is OB(O)Oc1ccc(N2CCCC2)cc1. The third-order valence-electron chi connectivity index (χ3n) is 2.55. The number of hydrogen-bond acceptors (Lipinski definition) is 4. The molecule has 0 amide bonds. The molecule has 0 spiro atoms. The number of nitrogens with zero attached hydrogens (tertiary/aromatic N) is 1. The highest BCUT2D eigenvalue weighted by Gasteiger charge is 2.13. The van der Waals surface area contributed by atoms with Gasteiger partial charge in [0.15, 0.2) is 0 Å². The minimum absolute atomic E-state index is 0.466. The molecule has 0 aliphatic carbocycles. The van der Waals surface area contributed by atoms with Crippen molar-refractivity contribution in [2.45, 2.75) is 12.8 Å². The smallest absolute Gasteiger partial charge is 0.512 e. The van der Waals surface area contributed by atoms with Gasteiger partial charge in [0, 0.05) is 18.8 Å². The van der Waals surface area contributed by atoms with Crippen molar-refractivity contribution in [3.8, 4) is 5.75 Å². The molecule has 0 unspecified atom stereocenters.